The van der Waals surface area contributed by atoms with Gasteiger partial charge in [-0.1, -0.05) is 12.1 Å². The Morgan fingerprint density at radius 1 is 1.44 bits per heavy atom. The number of rotatable bonds is 5. The minimum absolute atomic E-state index is 0.116. The van der Waals surface area contributed by atoms with E-state index >= 15 is 0 Å². The largest absolute Gasteiger partial charge is 0.497 e. The van der Waals surface area contributed by atoms with Crippen LogP contribution in [0.4, 0.5) is 0 Å². The summed E-state index contributed by atoms with van der Waals surface area (Å²) in [6.07, 6.45) is 1.94. The average molecular weight is 221 g/mol. The first-order valence-electron chi connectivity index (χ1n) is 5.48. The zero-order chi connectivity index (χ0) is 12.0. The number of carbonyl (C=O) groups is 1. The van der Waals surface area contributed by atoms with Gasteiger partial charge < -0.3 is 9.64 Å². The molecule has 3 heteroatoms. The average Bonchev–Trinajstić information content (AvgIpc) is 2.29. The van der Waals surface area contributed by atoms with E-state index in [1.54, 1.807) is 18.9 Å². The van der Waals surface area contributed by atoms with E-state index in [4.69, 9.17) is 4.74 Å². The minimum atomic E-state index is 0.116. The molecule has 16 heavy (non-hydrogen) atoms. The SMILES string of the molecule is COc1cccc(CCCN(C)C(C)=O)c1. The summed E-state index contributed by atoms with van der Waals surface area (Å²) >= 11 is 0. The fourth-order valence-electron chi connectivity index (χ4n) is 1.51. The molecule has 88 valence electrons. The van der Waals surface area contributed by atoms with Crippen LogP contribution < -0.4 is 4.74 Å². The standard InChI is InChI=1S/C13H19NO2/c1-11(15)14(2)9-5-7-12-6-4-8-13(10-12)16-3/h4,6,8,10H,5,7,9H2,1-3H3. The van der Waals surface area contributed by atoms with Gasteiger partial charge in [0.05, 0.1) is 7.11 Å². The highest BCUT2D eigenvalue weighted by molar-refractivity contribution is 5.72. The molecule has 0 saturated carbocycles. The molecule has 0 aromatic heterocycles. The van der Waals surface area contributed by atoms with E-state index in [1.807, 2.05) is 25.2 Å². The Bertz CT molecular complexity index is 350. The number of carbonyl (C=O) groups excluding carboxylic acids is 1. The number of benzene rings is 1. The lowest BCUT2D eigenvalue weighted by atomic mass is 10.1. The summed E-state index contributed by atoms with van der Waals surface area (Å²) < 4.78 is 5.16. The van der Waals surface area contributed by atoms with Crippen molar-refractivity contribution in [3.8, 4) is 5.75 Å². The first-order valence-corrected chi connectivity index (χ1v) is 5.48. The van der Waals surface area contributed by atoms with Gasteiger partial charge in [-0.3, -0.25) is 4.79 Å². The van der Waals surface area contributed by atoms with Crippen molar-refractivity contribution in [3.05, 3.63) is 29.8 Å². The van der Waals surface area contributed by atoms with Crippen molar-refractivity contribution in [1.29, 1.82) is 0 Å². The summed E-state index contributed by atoms with van der Waals surface area (Å²) in [7, 11) is 3.50. The van der Waals surface area contributed by atoms with Gasteiger partial charge in [0.1, 0.15) is 5.75 Å². The molecular formula is C13H19NO2. The first kappa shape index (κ1) is 12.6. The number of aryl methyl sites for hydroxylation is 1. The van der Waals surface area contributed by atoms with Gasteiger partial charge in [-0.15, -0.1) is 0 Å². The van der Waals surface area contributed by atoms with Crippen LogP contribution >= 0.6 is 0 Å². The third kappa shape index (κ3) is 3.93. The van der Waals surface area contributed by atoms with Crippen molar-refractivity contribution >= 4 is 5.91 Å². The van der Waals surface area contributed by atoms with Crippen LogP contribution in [0.1, 0.15) is 18.9 Å². The summed E-state index contributed by atoms with van der Waals surface area (Å²) in [4.78, 5) is 12.7. The van der Waals surface area contributed by atoms with Crippen LogP contribution in [0.5, 0.6) is 5.75 Å². The van der Waals surface area contributed by atoms with Crippen molar-refractivity contribution in [3.63, 3.8) is 0 Å². The van der Waals surface area contributed by atoms with Gasteiger partial charge in [-0.2, -0.15) is 0 Å². The second kappa shape index (κ2) is 6.16. The van der Waals surface area contributed by atoms with Gasteiger partial charge in [0.25, 0.3) is 0 Å². The molecule has 1 aromatic carbocycles. The number of hydrogen-bond acceptors (Lipinski definition) is 2. The van der Waals surface area contributed by atoms with E-state index in [0.29, 0.717) is 0 Å². The molecule has 1 aromatic rings. The quantitative estimate of drug-likeness (QED) is 0.762. The van der Waals surface area contributed by atoms with Gasteiger partial charge in [-0.05, 0) is 30.5 Å². The normalized spacial score (nSPS) is 9.94. The smallest absolute Gasteiger partial charge is 0.219 e. The Balaban J connectivity index is 2.39. The molecule has 0 fully saturated rings. The highest BCUT2D eigenvalue weighted by Gasteiger charge is 2.02. The number of ether oxygens (including phenoxy) is 1. The summed E-state index contributed by atoms with van der Waals surface area (Å²) in [5.74, 6) is 1.00. The Morgan fingerprint density at radius 3 is 2.81 bits per heavy atom. The van der Waals surface area contributed by atoms with Gasteiger partial charge in [0.2, 0.25) is 5.91 Å². The Labute approximate surface area is 97.0 Å². The fourth-order valence-corrected chi connectivity index (χ4v) is 1.51. The predicted octanol–water partition coefficient (Wildman–Crippen LogP) is 2.11. The maximum atomic E-state index is 11.0. The number of nitrogens with zero attached hydrogens (tertiary/aromatic N) is 1. The van der Waals surface area contributed by atoms with Gasteiger partial charge in [-0.25, -0.2) is 0 Å². The Morgan fingerprint density at radius 2 is 2.19 bits per heavy atom. The highest BCUT2D eigenvalue weighted by Crippen LogP contribution is 2.13. The minimum Gasteiger partial charge on any atom is -0.497 e. The molecule has 0 N–H and O–H groups in total. The van der Waals surface area contributed by atoms with Crippen LogP contribution in [0.2, 0.25) is 0 Å². The predicted molar refractivity (Wildman–Crippen MR) is 64.6 cm³/mol. The van der Waals surface area contributed by atoms with E-state index < -0.39 is 0 Å². The monoisotopic (exact) mass is 221 g/mol. The molecule has 0 bridgehead atoms. The lowest BCUT2D eigenvalue weighted by Gasteiger charge is -2.14. The van der Waals surface area contributed by atoms with Crippen molar-refractivity contribution in [2.75, 3.05) is 20.7 Å². The number of hydrogen-bond donors (Lipinski definition) is 0. The van der Waals surface area contributed by atoms with Crippen molar-refractivity contribution in [2.24, 2.45) is 0 Å². The zero-order valence-electron chi connectivity index (χ0n) is 10.2. The molecular weight excluding hydrogens is 202 g/mol. The highest BCUT2D eigenvalue weighted by atomic mass is 16.5. The lowest BCUT2D eigenvalue weighted by molar-refractivity contribution is -0.127. The van der Waals surface area contributed by atoms with Crippen LogP contribution in [0, 0.1) is 0 Å². The van der Waals surface area contributed by atoms with Crippen LogP contribution in [0.3, 0.4) is 0 Å². The van der Waals surface area contributed by atoms with Crippen LogP contribution in [-0.4, -0.2) is 31.5 Å². The van der Waals surface area contributed by atoms with E-state index in [0.717, 1.165) is 25.1 Å². The summed E-state index contributed by atoms with van der Waals surface area (Å²) in [5.41, 5.74) is 1.25. The molecule has 3 nitrogen and oxygen atoms in total. The molecule has 1 rings (SSSR count). The molecule has 0 aliphatic heterocycles. The van der Waals surface area contributed by atoms with Crippen LogP contribution in [0.25, 0.3) is 0 Å². The summed E-state index contributed by atoms with van der Waals surface area (Å²) in [6, 6.07) is 8.04. The first-order chi connectivity index (χ1) is 7.63. The van der Waals surface area contributed by atoms with E-state index in [1.165, 1.54) is 5.56 Å². The summed E-state index contributed by atoms with van der Waals surface area (Å²) in [5, 5.41) is 0. The van der Waals surface area contributed by atoms with Crippen LogP contribution in [-0.2, 0) is 11.2 Å². The molecule has 1 amide bonds. The van der Waals surface area contributed by atoms with E-state index in [2.05, 4.69) is 6.07 Å². The van der Waals surface area contributed by atoms with Crippen molar-refractivity contribution in [1.82, 2.24) is 4.90 Å². The van der Waals surface area contributed by atoms with Gasteiger partial charge in [0.15, 0.2) is 0 Å². The molecule has 0 saturated heterocycles. The molecule has 0 radical (unpaired) electrons. The zero-order valence-corrected chi connectivity index (χ0v) is 10.2. The second-order valence-electron chi connectivity index (χ2n) is 3.90. The Hall–Kier alpha value is -1.51. The number of methoxy groups -OCH3 is 1. The third-order valence-electron chi connectivity index (χ3n) is 2.63. The fraction of sp³-hybridized carbons (Fsp3) is 0.462. The van der Waals surface area contributed by atoms with Crippen LogP contribution in [0.15, 0.2) is 24.3 Å². The Kier molecular flexibility index (Phi) is 4.83. The molecule has 0 atom stereocenters. The van der Waals surface area contributed by atoms with E-state index in [-0.39, 0.29) is 5.91 Å². The number of amides is 1. The lowest BCUT2D eigenvalue weighted by Crippen LogP contribution is -2.25. The maximum absolute atomic E-state index is 11.0. The molecule has 0 unspecified atom stereocenters. The molecule has 0 heterocycles. The van der Waals surface area contributed by atoms with Crippen molar-refractivity contribution < 1.29 is 9.53 Å². The summed E-state index contributed by atoms with van der Waals surface area (Å²) in [6.45, 7) is 2.39. The molecule has 0 spiro atoms. The second-order valence-corrected chi connectivity index (χ2v) is 3.90. The van der Waals surface area contributed by atoms with Gasteiger partial charge >= 0.3 is 0 Å². The molecule has 0 aliphatic carbocycles. The van der Waals surface area contributed by atoms with Gasteiger partial charge in [0, 0.05) is 20.5 Å². The topological polar surface area (TPSA) is 29.5 Å². The third-order valence-corrected chi connectivity index (χ3v) is 2.63. The van der Waals surface area contributed by atoms with E-state index in [9.17, 15) is 4.79 Å². The molecule has 0 aliphatic rings. The van der Waals surface area contributed by atoms with Crippen molar-refractivity contribution in [2.45, 2.75) is 19.8 Å². The maximum Gasteiger partial charge on any atom is 0.219 e.